The summed E-state index contributed by atoms with van der Waals surface area (Å²) >= 11 is 0. The Hall–Kier alpha value is -1.32. The zero-order valence-corrected chi connectivity index (χ0v) is 12.9. The molecule has 0 fully saturated rings. The molecule has 20 heavy (non-hydrogen) atoms. The molecule has 0 heterocycles. The number of unbranched alkanes of at least 4 members (excludes halogenated alkanes) is 6. The van der Waals surface area contributed by atoms with Crippen molar-refractivity contribution in [1.82, 2.24) is 0 Å². The average molecular weight is 284 g/mol. The first-order valence-electron chi connectivity index (χ1n) is 7.58. The number of ketones is 2. The third-order valence-electron chi connectivity index (χ3n) is 2.82. The molecule has 0 N–H and O–H groups in total. The summed E-state index contributed by atoms with van der Waals surface area (Å²) in [5.41, 5.74) is 0. The summed E-state index contributed by atoms with van der Waals surface area (Å²) in [5, 5.41) is 0. The maximum Gasteiger partial charge on any atom is 0.195 e. The highest BCUT2D eigenvalue weighted by Gasteiger charge is 1.97. The number of carbonyl (C=O) groups excluding carboxylic acids is 4. The molecule has 0 atom stereocenters. The van der Waals surface area contributed by atoms with Crippen LogP contribution in [-0.2, 0) is 19.2 Å². The summed E-state index contributed by atoms with van der Waals surface area (Å²) in [6.07, 6.45) is 10.2. The molecule has 116 valence electrons. The number of hydrogen-bond donors (Lipinski definition) is 0. The Kier molecular flexibility index (Phi) is 18.6. The van der Waals surface area contributed by atoms with Crippen molar-refractivity contribution in [2.24, 2.45) is 0 Å². The molecule has 0 aromatic carbocycles. The largest absolute Gasteiger partial charge is 0.295 e. The molecule has 0 spiro atoms. The molecule has 0 bridgehead atoms. The van der Waals surface area contributed by atoms with E-state index in [2.05, 4.69) is 13.8 Å². The Labute approximate surface area is 122 Å². The van der Waals surface area contributed by atoms with Gasteiger partial charge in [-0.1, -0.05) is 52.4 Å². The number of Topliss-reactive ketones (excluding diaryl/α,β-unsaturated/α-hetero) is 2. The first kappa shape index (κ1) is 21.0. The minimum Gasteiger partial charge on any atom is -0.295 e. The molecule has 0 rings (SSSR count). The molecule has 0 aliphatic heterocycles. The van der Waals surface area contributed by atoms with Crippen LogP contribution >= 0.6 is 0 Å². The zero-order chi connectivity index (χ0) is 15.6. The fourth-order valence-corrected chi connectivity index (χ4v) is 1.57. The van der Waals surface area contributed by atoms with Crippen molar-refractivity contribution in [3.8, 4) is 0 Å². The van der Waals surface area contributed by atoms with Gasteiger partial charge in [0.2, 0.25) is 0 Å². The van der Waals surface area contributed by atoms with Crippen LogP contribution in [0.1, 0.15) is 78.1 Å². The first-order chi connectivity index (χ1) is 9.62. The number of carbonyl (C=O) groups is 4. The van der Waals surface area contributed by atoms with Crippen molar-refractivity contribution >= 4 is 24.1 Å². The van der Waals surface area contributed by atoms with Gasteiger partial charge in [-0.2, -0.15) is 0 Å². The van der Waals surface area contributed by atoms with E-state index in [1.54, 1.807) is 0 Å². The molecule has 0 amide bonds. The lowest BCUT2D eigenvalue weighted by Gasteiger charge is -1.93. The van der Waals surface area contributed by atoms with Crippen LogP contribution in [0.3, 0.4) is 0 Å². The topological polar surface area (TPSA) is 68.3 Å². The van der Waals surface area contributed by atoms with Crippen molar-refractivity contribution in [3.05, 3.63) is 0 Å². The van der Waals surface area contributed by atoms with Gasteiger partial charge in [-0.15, -0.1) is 0 Å². The summed E-state index contributed by atoms with van der Waals surface area (Å²) in [5.74, 6) is -0.535. The third kappa shape index (κ3) is 19.0. The van der Waals surface area contributed by atoms with E-state index in [1.165, 1.54) is 0 Å². The normalized spacial score (nSPS) is 9.30. The van der Waals surface area contributed by atoms with Gasteiger partial charge in [0.15, 0.2) is 24.1 Å². The van der Waals surface area contributed by atoms with E-state index >= 15 is 0 Å². The molecule has 0 aliphatic rings. The summed E-state index contributed by atoms with van der Waals surface area (Å²) in [6, 6.07) is 0. The number of rotatable bonds is 12. The first-order valence-corrected chi connectivity index (χ1v) is 7.58. The van der Waals surface area contributed by atoms with Crippen LogP contribution in [-0.4, -0.2) is 24.1 Å². The van der Waals surface area contributed by atoms with E-state index in [1.807, 2.05) is 0 Å². The van der Waals surface area contributed by atoms with Gasteiger partial charge in [0.25, 0.3) is 0 Å². The van der Waals surface area contributed by atoms with E-state index < -0.39 is 0 Å². The van der Waals surface area contributed by atoms with Gasteiger partial charge in [0.05, 0.1) is 0 Å². The molecule has 0 radical (unpaired) electrons. The molecule has 0 aromatic heterocycles. The van der Waals surface area contributed by atoms with Gasteiger partial charge in [-0.3, -0.25) is 19.2 Å². The summed E-state index contributed by atoms with van der Waals surface area (Å²) in [4.78, 5) is 40.5. The van der Waals surface area contributed by atoms with E-state index in [9.17, 15) is 19.2 Å². The fraction of sp³-hybridized carbons (Fsp3) is 0.750. The predicted octanol–water partition coefficient (Wildman–Crippen LogP) is 3.45. The molecule has 4 heteroatoms. The van der Waals surface area contributed by atoms with Crippen LogP contribution in [0.4, 0.5) is 0 Å². The molecule has 4 nitrogen and oxygen atoms in total. The fourth-order valence-electron chi connectivity index (χ4n) is 1.57. The molecular formula is C16H28O4. The van der Waals surface area contributed by atoms with Crippen molar-refractivity contribution in [2.45, 2.75) is 78.1 Å². The van der Waals surface area contributed by atoms with E-state index in [-0.39, 0.29) is 11.6 Å². The second-order valence-corrected chi connectivity index (χ2v) is 4.79. The monoisotopic (exact) mass is 284 g/mol. The molecule has 0 aromatic rings. The third-order valence-corrected chi connectivity index (χ3v) is 2.82. The molecular weight excluding hydrogens is 256 g/mol. The Morgan fingerprint density at radius 1 is 0.650 bits per heavy atom. The van der Waals surface area contributed by atoms with Gasteiger partial charge in [-0.25, -0.2) is 0 Å². The number of hydrogen-bond acceptors (Lipinski definition) is 4. The summed E-state index contributed by atoms with van der Waals surface area (Å²) in [6.45, 7) is 4.23. The van der Waals surface area contributed by atoms with Crippen molar-refractivity contribution in [1.29, 1.82) is 0 Å². The lowest BCUT2D eigenvalue weighted by molar-refractivity contribution is -0.129. The van der Waals surface area contributed by atoms with Gasteiger partial charge in [-0.05, 0) is 12.8 Å². The Morgan fingerprint density at radius 3 is 1.25 bits per heavy atom. The predicted molar refractivity (Wildman–Crippen MR) is 79.7 cm³/mol. The standard InChI is InChI=1S/2C8H14O2/c2*1-2-3-4-5-6-8(10)7-9/h2*7H,2-6H2,1H3. The van der Waals surface area contributed by atoms with Gasteiger partial charge in [0.1, 0.15) is 0 Å². The van der Waals surface area contributed by atoms with Crippen LogP contribution in [0.2, 0.25) is 0 Å². The smallest absolute Gasteiger partial charge is 0.195 e. The maximum atomic E-state index is 10.4. The summed E-state index contributed by atoms with van der Waals surface area (Å²) in [7, 11) is 0. The van der Waals surface area contributed by atoms with E-state index in [0.717, 1.165) is 51.4 Å². The SMILES string of the molecule is CCCCCCC(=O)C=O.CCCCCCC(=O)C=O. The Bertz CT molecular complexity index is 244. The van der Waals surface area contributed by atoms with Crippen LogP contribution in [0.25, 0.3) is 0 Å². The highest BCUT2D eigenvalue weighted by Crippen LogP contribution is 2.02. The molecule has 0 saturated heterocycles. The molecule has 0 aliphatic carbocycles. The van der Waals surface area contributed by atoms with Gasteiger partial charge >= 0.3 is 0 Å². The van der Waals surface area contributed by atoms with Gasteiger partial charge < -0.3 is 0 Å². The average Bonchev–Trinajstić information content (AvgIpc) is 2.48. The van der Waals surface area contributed by atoms with Crippen LogP contribution < -0.4 is 0 Å². The van der Waals surface area contributed by atoms with Crippen LogP contribution in [0, 0.1) is 0 Å². The second kappa shape index (κ2) is 17.7. The maximum absolute atomic E-state index is 10.4. The van der Waals surface area contributed by atoms with E-state index in [4.69, 9.17) is 0 Å². The lowest BCUT2D eigenvalue weighted by Crippen LogP contribution is -1.97. The van der Waals surface area contributed by atoms with Gasteiger partial charge in [0, 0.05) is 12.8 Å². The summed E-state index contributed by atoms with van der Waals surface area (Å²) < 4.78 is 0. The quantitative estimate of drug-likeness (QED) is 0.313. The lowest BCUT2D eigenvalue weighted by atomic mass is 10.1. The highest BCUT2D eigenvalue weighted by atomic mass is 16.2. The highest BCUT2D eigenvalue weighted by molar-refractivity contribution is 6.25. The zero-order valence-electron chi connectivity index (χ0n) is 12.9. The van der Waals surface area contributed by atoms with Crippen molar-refractivity contribution in [2.75, 3.05) is 0 Å². The van der Waals surface area contributed by atoms with Crippen molar-refractivity contribution in [3.63, 3.8) is 0 Å². The Balaban J connectivity index is 0. The number of aldehydes is 2. The van der Waals surface area contributed by atoms with Crippen LogP contribution in [0.5, 0.6) is 0 Å². The minimum atomic E-state index is -0.267. The van der Waals surface area contributed by atoms with E-state index in [0.29, 0.717) is 25.4 Å². The Morgan fingerprint density at radius 2 is 1.00 bits per heavy atom. The molecule has 0 saturated carbocycles. The molecule has 0 unspecified atom stereocenters. The minimum absolute atomic E-state index is 0.267. The van der Waals surface area contributed by atoms with Crippen LogP contribution in [0.15, 0.2) is 0 Å². The van der Waals surface area contributed by atoms with Crippen molar-refractivity contribution < 1.29 is 19.2 Å². The second-order valence-electron chi connectivity index (χ2n) is 4.79.